The lowest BCUT2D eigenvalue weighted by atomic mass is 9.94. The highest BCUT2D eigenvalue weighted by Crippen LogP contribution is 2.24. The lowest BCUT2D eigenvalue weighted by Crippen LogP contribution is -2.42. The fourth-order valence-electron chi connectivity index (χ4n) is 2.67. The topological polar surface area (TPSA) is 116 Å². The molecule has 0 radical (unpaired) electrons. The van der Waals surface area contributed by atoms with Crippen molar-refractivity contribution in [3.63, 3.8) is 0 Å². The van der Waals surface area contributed by atoms with Crippen molar-refractivity contribution in [2.24, 2.45) is 0 Å². The normalized spacial score (nSPS) is 13.4. The second-order valence-corrected chi connectivity index (χ2v) is 8.05. The molecule has 0 aliphatic heterocycles. The zero-order valence-corrected chi connectivity index (χ0v) is 16.1. The van der Waals surface area contributed by atoms with E-state index >= 15 is 0 Å². The molecule has 2 rings (SSSR count). The lowest BCUT2D eigenvalue weighted by molar-refractivity contribution is 0.167. The third-order valence-corrected chi connectivity index (χ3v) is 4.76. The number of hydrogen-bond donors (Lipinski definition) is 4. The summed E-state index contributed by atoms with van der Waals surface area (Å²) in [5.41, 5.74) is 0.936. The molecule has 2 aromatic rings. The van der Waals surface area contributed by atoms with Crippen LogP contribution in [0.3, 0.4) is 0 Å². The van der Waals surface area contributed by atoms with Gasteiger partial charge in [0, 0.05) is 12.1 Å². The van der Waals surface area contributed by atoms with Crippen molar-refractivity contribution in [3.8, 4) is 11.5 Å². The van der Waals surface area contributed by atoms with Gasteiger partial charge in [0.15, 0.2) is 0 Å². The molecular weight excluding hydrogens is 370 g/mol. The Balaban J connectivity index is 2.03. The number of hydrogen-bond acceptors (Lipinski definition) is 6. The number of nitrogens with one attached hydrogen (secondary N) is 1. The fourth-order valence-corrected chi connectivity index (χ4v) is 3.14. The van der Waals surface area contributed by atoms with Crippen molar-refractivity contribution in [2.45, 2.75) is 38.3 Å². The van der Waals surface area contributed by atoms with Gasteiger partial charge >= 0.3 is 10.4 Å². The number of phenolic OH excluding ortho intramolecular Hbond substituents is 2. The summed E-state index contributed by atoms with van der Waals surface area (Å²) in [5, 5.41) is 22.5. The molecule has 0 aromatic heterocycles. The molecule has 0 fully saturated rings. The number of aryl methyl sites for hydroxylation is 1. The molecule has 0 bridgehead atoms. The summed E-state index contributed by atoms with van der Waals surface area (Å²) in [4.78, 5) is 0. The molecule has 7 nitrogen and oxygen atoms in total. The largest absolute Gasteiger partial charge is 0.508 e. The highest BCUT2D eigenvalue weighted by molar-refractivity contribution is 7.80. The number of phenols is 2. The Morgan fingerprint density at radius 3 is 2.30 bits per heavy atom. The minimum absolute atomic E-state index is 0.0420. The summed E-state index contributed by atoms with van der Waals surface area (Å²) in [7, 11) is -4.65. The van der Waals surface area contributed by atoms with Gasteiger partial charge in [0.25, 0.3) is 0 Å². The first kappa shape index (κ1) is 21.2. The van der Waals surface area contributed by atoms with Crippen LogP contribution in [0.25, 0.3) is 0 Å². The molecule has 1 atom stereocenters. The second kappa shape index (κ2) is 8.71. The van der Waals surface area contributed by atoms with Crippen LogP contribution in [0, 0.1) is 0 Å². The molecule has 8 heteroatoms. The van der Waals surface area contributed by atoms with Crippen LogP contribution in [-0.4, -0.2) is 35.3 Å². The molecule has 0 saturated carbocycles. The fraction of sp³-hybridized carbons (Fsp3) is 0.368. The average Bonchev–Trinajstić information content (AvgIpc) is 2.58. The quantitative estimate of drug-likeness (QED) is 0.482. The minimum atomic E-state index is -4.65. The van der Waals surface area contributed by atoms with Gasteiger partial charge < -0.3 is 15.5 Å². The van der Waals surface area contributed by atoms with E-state index in [0.717, 1.165) is 5.56 Å². The molecule has 148 valence electrons. The predicted octanol–water partition coefficient (Wildman–Crippen LogP) is 2.96. The van der Waals surface area contributed by atoms with Crippen molar-refractivity contribution in [1.82, 2.24) is 5.32 Å². The van der Waals surface area contributed by atoms with Gasteiger partial charge in [0.1, 0.15) is 17.6 Å². The third kappa shape index (κ3) is 7.18. The van der Waals surface area contributed by atoms with Crippen LogP contribution in [0.1, 0.15) is 37.5 Å². The Labute approximate surface area is 159 Å². The zero-order valence-electron chi connectivity index (χ0n) is 15.3. The van der Waals surface area contributed by atoms with E-state index in [1.54, 1.807) is 12.1 Å². The van der Waals surface area contributed by atoms with Crippen molar-refractivity contribution >= 4 is 10.4 Å². The summed E-state index contributed by atoms with van der Waals surface area (Å²) in [6.07, 6.45) is 0.360. The molecule has 27 heavy (non-hydrogen) atoms. The van der Waals surface area contributed by atoms with E-state index in [1.807, 2.05) is 26.0 Å². The Morgan fingerprint density at radius 2 is 1.70 bits per heavy atom. The van der Waals surface area contributed by atoms with Crippen LogP contribution < -0.4 is 5.32 Å². The number of aromatic hydroxyl groups is 2. The first-order chi connectivity index (χ1) is 12.6. The maximum absolute atomic E-state index is 11.2. The summed E-state index contributed by atoms with van der Waals surface area (Å²) >= 11 is 0. The van der Waals surface area contributed by atoms with E-state index < -0.39 is 16.5 Å². The van der Waals surface area contributed by atoms with Gasteiger partial charge in [-0.2, -0.15) is 8.42 Å². The average molecular weight is 395 g/mol. The molecule has 0 amide bonds. The van der Waals surface area contributed by atoms with Gasteiger partial charge in [-0.05, 0) is 56.0 Å². The molecule has 0 aliphatic rings. The van der Waals surface area contributed by atoms with Crippen LogP contribution in [0.5, 0.6) is 11.5 Å². The van der Waals surface area contributed by atoms with Crippen molar-refractivity contribution in [3.05, 3.63) is 59.7 Å². The van der Waals surface area contributed by atoms with Gasteiger partial charge in [0.2, 0.25) is 0 Å². The summed E-state index contributed by atoms with van der Waals surface area (Å²) in [6.45, 7) is 4.03. The molecule has 0 spiro atoms. The van der Waals surface area contributed by atoms with Gasteiger partial charge in [-0.3, -0.25) is 4.55 Å². The van der Waals surface area contributed by atoms with Gasteiger partial charge in [-0.15, -0.1) is 0 Å². The molecule has 0 aliphatic carbocycles. The maximum atomic E-state index is 11.2. The van der Waals surface area contributed by atoms with E-state index in [-0.39, 0.29) is 23.6 Å². The van der Waals surface area contributed by atoms with Gasteiger partial charge in [-0.1, -0.05) is 30.3 Å². The summed E-state index contributed by atoms with van der Waals surface area (Å²) < 4.78 is 36.2. The monoisotopic (exact) mass is 395 g/mol. The Bertz CT molecular complexity index is 849. The molecule has 0 saturated heterocycles. The number of rotatable bonds is 9. The second-order valence-electron chi connectivity index (χ2n) is 7.00. The SMILES string of the molecule is CC(C)(CCc1ccccc1O)NCC(OS(=O)(=O)O)c1ccc(O)cc1. The first-order valence-corrected chi connectivity index (χ1v) is 9.89. The minimum Gasteiger partial charge on any atom is -0.508 e. The summed E-state index contributed by atoms with van der Waals surface area (Å²) in [6, 6.07) is 13.0. The van der Waals surface area contributed by atoms with E-state index in [0.29, 0.717) is 18.4 Å². The Hall–Kier alpha value is -2.13. The number of para-hydroxylation sites is 1. The number of benzene rings is 2. The van der Waals surface area contributed by atoms with E-state index in [1.165, 1.54) is 24.3 Å². The summed E-state index contributed by atoms with van der Waals surface area (Å²) in [5.74, 6) is 0.283. The van der Waals surface area contributed by atoms with Gasteiger partial charge in [-0.25, -0.2) is 4.18 Å². The maximum Gasteiger partial charge on any atom is 0.397 e. The van der Waals surface area contributed by atoms with Gasteiger partial charge in [0.05, 0.1) is 0 Å². The van der Waals surface area contributed by atoms with E-state index in [9.17, 15) is 18.6 Å². The molecule has 4 N–H and O–H groups in total. The zero-order chi connectivity index (χ0) is 20.1. The lowest BCUT2D eigenvalue weighted by Gasteiger charge is -2.29. The standard InChI is InChI=1S/C19H25NO6S/c1-19(2,12-11-14-5-3-4-6-17(14)22)20-13-18(26-27(23,24)25)15-7-9-16(21)10-8-15/h3-10,18,20-22H,11-13H2,1-2H3,(H,23,24,25). The van der Waals surface area contributed by atoms with E-state index in [4.69, 9.17) is 8.74 Å². The smallest absolute Gasteiger partial charge is 0.397 e. The van der Waals surface area contributed by atoms with Crippen molar-refractivity contribution < 1.29 is 27.4 Å². The Kier molecular flexibility index (Phi) is 6.83. The predicted molar refractivity (Wildman–Crippen MR) is 102 cm³/mol. The van der Waals surface area contributed by atoms with Crippen LogP contribution in [0.15, 0.2) is 48.5 Å². The molecular formula is C19H25NO6S. The van der Waals surface area contributed by atoms with Crippen LogP contribution in [0.2, 0.25) is 0 Å². The Morgan fingerprint density at radius 1 is 1.07 bits per heavy atom. The molecule has 1 unspecified atom stereocenters. The highest BCUT2D eigenvalue weighted by Gasteiger charge is 2.24. The van der Waals surface area contributed by atoms with Crippen LogP contribution in [-0.2, 0) is 21.0 Å². The van der Waals surface area contributed by atoms with Crippen molar-refractivity contribution in [1.29, 1.82) is 0 Å². The van der Waals surface area contributed by atoms with Crippen molar-refractivity contribution in [2.75, 3.05) is 6.54 Å². The highest BCUT2D eigenvalue weighted by atomic mass is 32.3. The third-order valence-electron chi connectivity index (χ3n) is 4.28. The molecule has 0 heterocycles. The van der Waals surface area contributed by atoms with Crippen LogP contribution >= 0.6 is 0 Å². The van der Waals surface area contributed by atoms with E-state index in [2.05, 4.69) is 5.32 Å². The first-order valence-electron chi connectivity index (χ1n) is 8.52. The van der Waals surface area contributed by atoms with Crippen LogP contribution in [0.4, 0.5) is 0 Å². The molecule has 2 aromatic carbocycles.